The average Bonchev–Trinajstić information content (AvgIpc) is 3.08. The summed E-state index contributed by atoms with van der Waals surface area (Å²) >= 11 is 1.59. The van der Waals surface area contributed by atoms with E-state index in [-0.39, 0.29) is 17.0 Å². The highest BCUT2D eigenvalue weighted by Crippen LogP contribution is 2.30. The van der Waals surface area contributed by atoms with Gasteiger partial charge in [-0.2, -0.15) is 0 Å². The van der Waals surface area contributed by atoms with Crippen LogP contribution in [0.5, 0.6) is 0 Å². The lowest BCUT2D eigenvalue weighted by molar-refractivity contribution is 0.0921. The molecule has 0 spiro atoms. The minimum atomic E-state index is -0.154. The fraction of sp³-hybridized carbons (Fsp3) is 0.130. The first kappa shape index (κ1) is 19.1. The van der Waals surface area contributed by atoms with Crippen molar-refractivity contribution in [2.45, 2.75) is 19.0 Å². The SMILES string of the molecule is CC1=CSC(NC(=O)c2ccc(-n3ccccc3=O)cc2)N1Cc1ccccc1. The van der Waals surface area contributed by atoms with E-state index in [4.69, 9.17) is 0 Å². The summed E-state index contributed by atoms with van der Waals surface area (Å²) in [4.78, 5) is 26.9. The molecule has 1 amide bonds. The number of nitrogens with one attached hydrogen (secondary N) is 1. The first-order valence-corrected chi connectivity index (χ1v) is 10.3. The Morgan fingerprint density at radius 1 is 1.00 bits per heavy atom. The number of hydrogen-bond acceptors (Lipinski definition) is 4. The van der Waals surface area contributed by atoms with Gasteiger partial charge in [-0.3, -0.25) is 14.2 Å². The molecule has 5 nitrogen and oxygen atoms in total. The number of amides is 1. The molecule has 29 heavy (non-hydrogen) atoms. The zero-order chi connectivity index (χ0) is 20.2. The Labute approximate surface area is 173 Å². The molecular formula is C23H21N3O2S. The predicted molar refractivity (Wildman–Crippen MR) is 117 cm³/mol. The topological polar surface area (TPSA) is 54.3 Å². The summed E-state index contributed by atoms with van der Waals surface area (Å²) in [6, 6.07) is 22.3. The van der Waals surface area contributed by atoms with Crippen LogP contribution in [0.15, 0.2) is 94.9 Å². The van der Waals surface area contributed by atoms with Crippen molar-refractivity contribution in [3.8, 4) is 5.69 Å². The molecule has 1 aromatic heterocycles. The minimum Gasteiger partial charge on any atom is -0.341 e. The standard InChI is InChI=1S/C23H21N3O2S/c1-17-16-29-23(26(17)15-18-7-3-2-4-8-18)24-22(28)19-10-12-20(13-11-19)25-14-6-5-9-21(25)27/h2-14,16,23H,15H2,1H3,(H,24,28). The van der Waals surface area contributed by atoms with E-state index in [1.807, 2.05) is 18.2 Å². The fourth-order valence-corrected chi connectivity index (χ4v) is 4.22. The van der Waals surface area contributed by atoms with E-state index in [9.17, 15) is 9.59 Å². The van der Waals surface area contributed by atoms with Crippen molar-refractivity contribution in [3.05, 3.63) is 112 Å². The van der Waals surface area contributed by atoms with Gasteiger partial charge in [-0.05, 0) is 48.2 Å². The Morgan fingerprint density at radius 3 is 2.45 bits per heavy atom. The van der Waals surface area contributed by atoms with Crippen molar-refractivity contribution in [1.82, 2.24) is 14.8 Å². The van der Waals surface area contributed by atoms with Crippen LogP contribution in [0.3, 0.4) is 0 Å². The molecule has 2 aromatic carbocycles. The first-order valence-electron chi connectivity index (χ1n) is 9.33. The van der Waals surface area contributed by atoms with E-state index in [0.717, 1.165) is 17.9 Å². The van der Waals surface area contributed by atoms with Gasteiger partial charge in [0.25, 0.3) is 11.5 Å². The van der Waals surface area contributed by atoms with Gasteiger partial charge >= 0.3 is 0 Å². The number of benzene rings is 2. The van der Waals surface area contributed by atoms with Crippen LogP contribution < -0.4 is 10.9 Å². The molecule has 4 rings (SSSR count). The molecular weight excluding hydrogens is 382 g/mol. The molecule has 1 unspecified atom stereocenters. The highest BCUT2D eigenvalue weighted by molar-refractivity contribution is 8.02. The van der Waals surface area contributed by atoms with Gasteiger partial charge in [0.1, 0.15) is 0 Å². The largest absolute Gasteiger partial charge is 0.341 e. The monoisotopic (exact) mass is 403 g/mol. The third-order valence-electron chi connectivity index (χ3n) is 4.78. The van der Waals surface area contributed by atoms with Crippen LogP contribution in [0.2, 0.25) is 0 Å². The third-order valence-corrected chi connectivity index (χ3v) is 5.89. The summed E-state index contributed by atoms with van der Waals surface area (Å²) in [5.41, 5.74) is 3.35. The van der Waals surface area contributed by atoms with E-state index in [1.54, 1.807) is 58.9 Å². The van der Waals surface area contributed by atoms with Gasteiger partial charge in [0.2, 0.25) is 0 Å². The molecule has 0 fully saturated rings. The molecule has 1 atom stereocenters. The summed E-state index contributed by atoms with van der Waals surface area (Å²) < 4.78 is 1.55. The second-order valence-corrected chi connectivity index (χ2v) is 7.74. The van der Waals surface area contributed by atoms with E-state index in [0.29, 0.717) is 5.56 Å². The van der Waals surface area contributed by atoms with Crippen LogP contribution in [-0.4, -0.2) is 20.9 Å². The van der Waals surface area contributed by atoms with Gasteiger partial charge in [-0.1, -0.05) is 48.2 Å². The second kappa shape index (κ2) is 8.41. The zero-order valence-electron chi connectivity index (χ0n) is 16.0. The molecule has 3 aromatic rings. The normalized spacial score (nSPS) is 15.8. The van der Waals surface area contributed by atoms with Crippen molar-refractivity contribution in [2.75, 3.05) is 0 Å². The number of carbonyl (C=O) groups is 1. The van der Waals surface area contributed by atoms with E-state index in [1.165, 1.54) is 11.6 Å². The van der Waals surface area contributed by atoms with Gasteiger partial charge in [0.15, 0.2) is 5.50 Å². The van der Waals surface area contributed by atoms with Gasteiger partial charge in [-0.15, -0.1) is 0 Å². The molecule has 0 bridgehead atoms. The predicted octanol–water partition coefficient (Wildman–Crippen LogP) is 3.96. The molecule has 146 valence electrons. The van der Waals surface area contributed by atoms with Crippen LogP contribution in [0.4, 0.5) is 0 Å². The molecule has 0 aliphatic carbocycles. The number of thioether (sulfide) groups is 1. The molecule has 1 N–H and O–H groups in total. The maximum absolute atomic E-state index is 12.8. The van der Waals surface area contributed by atoms with Crippen LogP contribution in [-0.2, 0) is 6.54 Å². The number of carbonyl (C=O) groups excluding carboxylic acids is 1. The summed E-state index contributed by atoms with van der Waals surface area (Å²) in [5.74, 6) is -0.143. The Bertz CT molecular complexity index is 1090. The van der Waals surface area contributed by atoms with E-state index >= 15 is 0 Å². The summed E-state index contributed by atoms with van der Waals surface area (Å²) in [5, 5.41) is 5.16. The number of hydrogen-bond donors (Lipinski definition) is 1. The van der Waals surface area contributed by atoms with Gasteiger partial charge in [0.05, 0.1) is 0 Å². The number of nitrogens with zero attached hydrogens (tertiary/aromatic N) is 2. The fourth-order valence-electron chi connectivity index (χ4n) is 3.20. The zero-order valence-corrected chi connectivity index (χ0v) is 16.8. The van der Waals surface area contributed by atoms with Gasteiger partial charge in [0, 0.05) is 35.8 Å². The van der Waals surface area contributed by atoms with Crippen LogP contribution >= 0.6 is 11.8 Å². The molecule has 0 radical (unpaired) electrons. The molecule has 2 heterocycles. The molecule has 6 heteroatoms. The van der Waals surface area contributed by atoms with Crippen molar-refractivity contribution >= 4 is 17.7 Å². The third kappa shape index (κ3) is 4.27. The first-order chi connectivity index (χ1) is 14.1. The highest BCUT2D eigenvalue weighted by Gasteiger charge is 2.26. The average molecular weight is 404 g/mol. The van der Waals surface area contributed by atoms with Crippen molar-refractivity contribution in [1.29, 1.82) is 0 Å². The van der Waals surface area contributed by atoms with Crippen molar-refractivity contribution in [2.24, 2.45) is 0 Å². The maximum Gasteiger partial charge on any atom is 0.255 e. The Hall–Kier alpha value is -3.25. The van der Waals surface area contributed by atoms with Crippen molar-refractivity contribution in [3.63, 3.8) is 0 Å². The number of allylic oxidation sites excluding steroid dienone is 1. The number of aromatic nitrogens is 1. The van der Waals surface area contributed by atoms with Gasteiger partial charge in [-0.25, -0.2) is 0 Å². The smallest absolute Gasteiger partial charge is 0.255 e. The summed E-state index contributed by atoms with van der Waals surface area (Å²) in [6.07, 6.45) is 1.71. The molecule has 1 aliphatic heterocycles. The van der Waals surface area contributed by atoms with E-state index in [2.05, 4.69) is 34.7 Å². The molecule has 0 saturated heterocycles. The molecule has 0 saturated carbocycles. The lowest BCUT2D eigenvalue weighted by atomic mass is 10.2. The highest BCUT2D eigenvalue weighted by atomic mass is 32.2. The summed E-state index contributed by atoms with van der Waals surface area (Å²) in [6.45, 7) is 2.78. The molecule has 1 aliphatic rings. The lowest BCUT2D eigenvalue weighted by Gasteiger charge is -2.28. The van der Waals surface area contributed by atoms with Crippen LogP contribution in [0, 0.1) is 0 Å². The Morgan fingerprint density at radius 2 is 1.72 bits per heavy atom. The second-order valence-electron chi connectivity index (χ2n) is 6.79. The van der Waals surface area contributed by atoms with Crippen LogP contribution in [0.25, 0.3) is 5.69 Å². The quantitative estimate of drug-likeness (QED) is 0.701. The van der Waals surface area contributed by atoms with Gasteiger partial charge < -0.3 is 10.2 Å². The maximum atomic E-state index is 12.8. The van der Waals surface area contributed by atoms with Crippen LogP contribution in [0.1, 0.15) is 22.8 Å². The Kier molecular flexibility index (Phi) is 5.53. The number of rotatable bonds is 5. The lowest BCUT2D eigenvalue weighted by Crippen LogP contribution is -2.42. The van der Waals surface area contributed by atoms with Crippen molar-refractivity contribution < 1.29 is 4.79 Å². The summed E-state index contributed by atoms with van der Waals surface area (Å²) in [7, 11) is 0. The van der Waals surface area contributed by atoms with E-state index < -0.39 is 0 Å². The minimum absolute atomic E-state index is 0.106. The Balaban J connectivity index is 1.46. The number of pyridine rings is 1.